The normalized spacial score (nSPS) is 17.8. The van der Waals surface area contributed by atoms with Gasteiger partial charge in [0.25, 0.3) is 0 Å². The van der Waals surface area contributed by atoms with E-state index in [1.807, 2.05) is 37.3 Å². The number of likely N-dealkylation sites (tertiary alicyclic amines) is 1. The van der Waals surface area contributed by atoms with E-state index in [2.05, 4.69) is 5.32 Å². The maximum atomic E-state index is 12.4. The second-order valence-corrected chi connectivity index (χ2v) is 6.65. The van der Waals surface area contributed by atoms with Gasteiger partial charge in [0.05, 0.1) is 18.9 Å². The van der Waals surface area contributed by atoms with Crippen LogP contribution in [0, 0.1) is 5.92 Å². The zero-order valence-electron chi connectivity index (χ0n) is 15.4. The van der Waals surface area contributed by atoms with E-state index in [0.29, 0.717) is 32.7 Å². The molecule has 0 radical (unpaired) electrons. The first kappa shape index (κ1) is 22.3. The summed E-state index contributed by atoms with van der Waals surface area (Å²) in [5, 5.41) is 2.93. The number of piperidine rings is 1. The van der Waals surface area contributed by atoms with Crippen LogP contribution in [0.1, 0.15) is 32.6 Å². The Bertz CT molecular complexity index is 554. The van der Waals surface area contributed by atoms with Crippen LogP contribution in [0.4, 0.5) is 0 Å². The van der Waals surface area contributed by atoms with Gasteiger partial charge in [-0.1, -0.05) is 18.2 Å². The van der Waals surface area contributed by atoms with Crippen LogP contribution in [-0.4, -0.2) is 49.0 Å². The van der Waals surface area contributed by atoms with Crippen molar-refractivity contribution in [3.8, 4) is 5.75 Å². The zero-order valence-corrected chi connectivity index (χ0v) is 16.2. The van der Waals surface area contributed by atoms with E-state index in [-0.39, 0.29) is 36.2 Å². The Morgan fingerprint density at radius 3 is 2.77 bits per heavy atom. The molecular formula is C19H30ClN3O3. The van der Waals surface area contributed by atoms with Crippen LogP contribution in [0.25, 0.3) is 0 Å². The minimum absolute atomic E-state index is 0. The lowest BCUT2D eigenvalue weighted by Gasteiger charge is -2.32. The largest absolute Gasteiger partial charge is 0.493 e. The molecule has 2 unspecified atom stereocenters. The summed E-state index contributed by atoms with van der Waals surface area (Å²) in [6.45, 7) is 4.07. The van der Waals surface area contributed by atoms with Crippen LogP contribution >= 0.6 is 12.4 Å². The summed E-state index contributed by atoms with van der Waals surface area (Å²) in [6.07, 6.45) is 2.77. The number of nitrogens with two attached hydrogens (primary N) is 1. The summed E-state index contributed by atoms with van der Waals surface area (Å²) < 4.78 is 5.58. The highest BCUT2D eigenvalue weighted by molar-refractivity contribution is 5.85. The van der Waals surface area contributed by atoms with Crippen molar-refractivity contribution in [1.82, 2.24) is 10.2 Å². The molecule has 1 aliphatic rings. The molecule has 0 spiro atoms. The van der Waals surface area contributed by atoms with E-state index in [1.165, 1.54) is 0 Å². The molecule has 0 aromatic heterocycles. The molecule has 2 rings (SSSR count). The summed E-state index contributed by atoms with van der Waals surface area (Å²) in [7, 11) is 0. The van der Waals surface area contributed by atoms with Crippen molar-refractivity contribution in [2.45, 2.75) is 38.6 Å². The lowest BCUT2D eigenvalue weighted by Crippen LogP contribution is -2.46. The molecular weight excluding hydrogens is 354 g/mol. The fourth-order valence-corrected chi connectivity index (χ4v) is 2.92. The first-order valence-electron chi connectivity index (χ1n) is 9.05. The van der Waals surface area contributed by atoms with Gasteiger partial charge in [0, 0.05) is 25.7 Å². The summed E-state index contributed by atoms with van der Waals surface area (Å²) >= 11 is 0. The van der Waals surface area contributed by atoms with Crippen LogP contribution in [0.3, 0.4) is 0 Å². The van der Waals surface area contributed by atoms with Gasteiger partial charge in [0.15, 0.2) is 0 Å². The van der Waals surface area contributed by atoms with Crippen molar-refractivity contribution in [1.29, 1.82) is 0 Å². The Morgan fingerprint density at radius 1 is 1.35 bits per heavy atom. The number of nitrogens with one attached hydrogen (secondary N) is 1. The highest BCUT2D eigenvalue weighted by atomic mass is 35.5. The monoisotopic (exact) mass is 383 g/mol. The molecule has 2 amide bonds. The molecule has 2 atom stereocenters. The average Bonchev–Trinajstić information content (AvgIpc) is 2.62. The van der Waals surface area contributed by atoms with E-state index in [1.54, 1.807) is 4.90 Å². The molecule has 1 aromatic rings. The summed E-state index contributed by atoms with van der Waals surface area (Å²) in [5.74, 6) is 0.712. The number of nitrogens with zero attached hydrogens (tertiary/aromatic N) is 1. The van der Waals surface area contributed by atoms with Gasteiger partial charge in [-0.15, -0.1) is 12.4 Å². The average molecular weight is 384 g/mol. The second kappa shape index (κ2) is 11.8. The first-order valence-corrected chi connectivity index (χ1v) is 9.05. The number of ether oxygens (including phenoxy) is 1. The van der Waals surface area contributed by atoms with Crippen LogP contribution in [0.2, 0.25) is 0 Å². The maximum absolute atomic E-state index is 12.4. The number of carbonyl (C=O) groups is 2. The maximum Gasteiger partial charge on any atom is 0.226 e. The van der Waals surface area contributed by atoms with Crippen LogP contribution in [-0.2, 0) is 9.59 Å². The third kappa shape index (κ3) is 7.62. The fraction of sp³-hybridized carbons (Fsp3) is 0.579. The molecule has 1 heterocycles. The second-order valence-electron chi connectivity index (χ2n) is 6.65. The number of hydrogen-bond donors (Lipinski definition) is 2. The van der Waals surface area contributed by atoms with Crippen molar-refractivity contribution < 1.29 is 14.3 Å². The molecule has 1 fully saturated rings. The van der Waals surface area contributed by atoms with E-state index in [9.17, 15) is 9.59 Å². The van der Waals surface area contributed by atoms with Gasteiger partial charge in [-0.25, -0.2) is 0 Å². The fourth-order valence-electron chi connectivity index (χ4n) is 2.92. The summed E-state index contributed by atoms with van der Waals surface area (Å²) in [4.78, 5) is 26.4. The summed E-state index contributed by atoms with van der Waals surface area (Å²) in [5.41, 5.74) is 5.69. The quantitative estimate of drug-likeness (QED) is 0.718. The summed E-state index contributed by atoms with van der Waals surface area (Å²) in [6, 6.07) is 9.54. The Balaban J connectivity index is 0.00000338. The van der Waals surface area contributed by atoms with Gasteiger partial charge in [-0.05, 0) is 38.3 Å². The number of para-hydroxylation sites is 1. The van der Waals surface area contributed by atoms with Crippen LogP contribution < -0.4 is 15.8 Å². The Morgan fingerprint density at radius 2 is 2.08 bits per heavy atom. The topological polar surface area (TPSA) is 84.7 Å². The Labute approximate surface area is 161 Å². The lowest BCUT2D eigenvalue weighted by atomic mass is 9.97. The predicted octanol–water partition coefficient (Wildman–Crippen LogP) is 1.97. The van der Waals surface area contributed by atoms with Gasteiger partial charge >= 0.3 is 0 Å². The van der Waals surface area contributed by atoms with Crippen molar-refractivity contribution in [3.63, 3.8) is 0 Å². The van der Waals surface area contributed by atoms with E-state index in [4.69, 9.17) is 10.5 Å². The molecule has 7 heteroatoms. The Hall–Kier alpha value is -1.79. The minimum Gasteiger partial charge on any atom is -0.493 e. The lowest BCUT2D eigenvalue weighted by molar-refractivity contribution is -0.136. The first-order chi connectivity index (χ1) is 12.1. The van der Waals surface area contributed by atoms with Crippen LogP contribution in [0.5, 0.6) is 5.75 Å². The smallest absolute Gasteiger partial charge is 0.226 e. The molecule has 0 saturated carbocycles. The van der Waals surface area contributed by atoms with E-state index >= 15 is 0 Å². The van der Waals surface area contributed by atoms with Crippen molar-refractivity contribution in [2.24, 2.45) is 11.7 Å². The number of hydrogen-bond acceptors (Lipinski definition) is 4. The third-order valence-electron chi connectivity index (χ3n) is 4.37. The molecule has 3 N–H and O–H groups in total. The number of amides is 2. The highest BCUT2D eigenvalue weighted by Crippen LogP contribution is 2.18. The molecule has 6 nitrogen and oxygen atoms in total. The number of carbonyl (C=O) groups excluding carboxylic acids is 2. The van der Waals surface area contributed by atoms with Gasteiger partial charge in [-0.2, -0.15) is 0 Å². The molecule has 0 bridgehead atoms. The molecule has 1 aliphatic heterocycles. The number of halogens is 1. The van der Waals surface area contributed by atoms with Crippen molar-refractivity contribution in [3.05, 3.63) is 30.3 Å². The third-order valence-corrected chi connectivity index (χ3v) is 4.37. The predicted molar refractivity (Wildman–Crippen MR) is 104 cm³/mol. The van der Waals surface area contributed by atoms with Gasteiger partial charge < -0.3 is 20.7 Å². The van der Waals surface area contributed by atoms with Crippen LogP contribution in [0.15, 0.2) is 30.3 Å². The minimum atomic E-state index is -0.124. The molecule has 1 saturated heterocycles. The van der Waals surface area contributed by atoms with Gasteiger partial charge in [-0.3, -0.25) is 9.59 Å². The SMILES string of the molecule is CC(N)CCNC(=O)C1CCCN(C(=O)CCOc2ccccc2)C1.Cl. The number of benzene rings is 1. The van der Waals surface area contributed by atoms with Crippen molar-refractivity contribution >= 4 is 24.2 Å². The van der Waals surface area contributed by atoms with Gasteiger partial charge in [0.2, 0.25) is 11.8 Å². The molecule has 0 aliphatic carbocycles. The number of rotatable bonds is 8. The highest BCUT2D eigenvalue weighted by Gasteiger charge is 2.28. The van der Waals surface area contributed by atoms with Gasteiger partial charge in [0.1, 0.15) is 5.75 Å². The molecule has 146 valence electrons. The van der Waals surface area contributed by atoms with E-state index in [0.717, 1.165) is 25.0 Å². The zero-order chi connectivity index (χ0) is 18.1. The standard InChI is InChI=1S/C19H29N3O3.ClH/c1-15(20)9-11-21-19(24)16-6-5-12-22(14-16)18(23)10-13-25-17-7-3-2-4-8-17;/h2-4,7-8,15-16H,5-6,9-14,20H2,1H3,(H,21,24);1H. The molecule has 26 heavy (non-hydrogen) atoms. The van der Waals surface area contributed by atoms with E-state index < -0.39 is 0 Å². The Kier molecular flexibility index (Phi) is 10.1. The molecule has 1 aromatic carbocycles. The van der Waals surface area contributed by atoms with Crippen molar-refractivity contribution in [2.75, 3.05) is 26.2 Å².